The summed E-state index contributed by atoms with van der Waals surface area (Å²) in [5.41, 5.74) is 0. The minimum atomic E-state index is -0.847. The van der Waals surface area contributed by atoms with E-state index in [-0.39, 0.29) is 5.75 Å². The van der Waals surface area contributed by atoms with Crippen molar-refractivity contribution >= 4 is 23.7 Å². The molecule has 2 rings (SSSR count). The first-order valence-electron chi connectivity index (χ1n) is 6.64. The first-order chi connectivity index (χ1) is 9.49. The van der Waals surface area contributed by atoms with E-state index >= 15 is 0 Å². The van der Waals surface area contributed by atoms with Gasteiger partial charge in [-0.25, -0.2) is 0 Å². The van der Waals surface area contributed by atoms with Crippen molar-refractivity contribution in [3.63, 3.8) is 0 Å². The second-order valence-electron chi connectivity index (χ2n) is 5.18. The SMILES string of the molecule is CN(CC1CCCN1C)c1nnc(SCC(=O)O)n1C. The Morgan fingerprint density at radius 1 is 1.50 bits per heavy atom. The number of anilines is 1. The molecule has 1 aromatic heterocycles. The van der Waals surface area contributed by atoms with E-state index in [9.17, 15) is 4.79 Å². The molecule has 0 amide bonds. The van der Waals surface area contributed by atoms with Gasteiger partial charge >= 0.3 is 5.97 Å². The summed E-state index contributed by atoms with van der Waals surface area (Å²) in [6, 6.07) is 0.548. The van der Waals surface area contributed by atoms with Gasteiger partial charge in [0, 0.05) is 26.7 Å². The molecule has 20 heavy (non-hydrogen) atoms. The minimum absolute atomic E-state index is 0.00104. The normalized spacial score (nSPS) is 19.4. The number of rotatable bonds is 6. The fourth-order valence-corrected chi connectivity index (χ4v) is 3.13. The number of likely N-dealkylation sites (N-methyl/N-ethyl adjacent to an activating group) is 2. The van der Waals surface area contributed by atoms with Gasteiger partial charge in [-0.15, -0.1) is 10.2 Å². The van der Waals surface area contributed by atoms with Crippen molar-refractivity contribution in [3.05, 3.63) is 0 Å². The van der Waals surface area contributed by atoms with Crippen LogP contribution < -0.4 is 4.90 Å². The molecule has 0 aliphatic carbocycles. The highest BCUT2D eigenvalue weighted by atomic mass is 32.2. The molecule has 0 radical (unpaired) electrons. The predicted molar refractivity (Wildman–Crippen MR) is 78.3 cm³/mol. The number of hydrogen-bond donors (Lipinski definition) is 1. The average Bonchev–Trinajstić information content (AvgIpc) is 2.94. The molecular weight excluding hydrogens is 278 g/mol. The number of thioether (sulfide) groups is 1. The molecule has 1 aliphatic rings. The van der Waals surface area contributed by atoms with E-state index < -0.39 is 5.97 Å². The first kappa shape index (κ1) is 15.1. The molecule has 1 N–H and O–H groups in total. The lowest BCUT2D eigenvalue weighted by atomic mass is 10.2. The summed E-state index contributed by atoms with van der Waals surface area (Å²) in [6.45, 7) is 2.06. The van der Waals surface area contributed by atoms with Crippen molar-refractivity contribution in [3.8, 4) is 0 Å². The summed E-state index contributed by atoms with van der Waals surface area (Å²) in [4.78, 5) is 15.1. The summed E-state index contributed by atoms with van der Waals surface area (Å²) in [5, 5.41) is 17.6. The Balaban J connectivity index is 1.99. The van der Waals surface area contributed by atoms with Crippen molar-refractivity contribution in [2.45, 2.75) is 24.0 Å². The maximum Gasteiger partial charge on any atom is 0.313 e. The van der Waals surface area contributed by atoms with Crippen LogP contribution in [0.4, 0.5) is 5.95 Å². The first-order valence-corrected chi connectivity index (χ1v) is 7.63. The fourth-order valence-electron chi connectivity index (χ4n) is 2.50. The van der Waals surface area contributed by atoms with E-state index in [2.05, 4.69) is 27.0 Å². The Hall–Kier alpha value is -1.28. The smallest absolute Gasteiger partial charge is 0.313 e. The Labute approximate surface area is 123 Å². The van der Waals surface area contributed by atoms with Gasteiger partial charge in [-0.2, -0.15) is 0 Å². The molecule has 2 heterocycles. The maximum atomic E-state index is 10.6. The van der Waals surface area contributed by atoms with E-state index in [4.69, 9.17) is 5.11 Å². The van der Waals surface area contributed by atoms with Gasteiger partial charge in [0.1, 0.15) is 0 Å². The van der Waals surface area contributed by atoms with Crippen molar-refractivity contribution in [1.82, 2.24) is 19.7 Å². The lowest BCUT2D eigenvalue weighted by Gasteiger charge is -2.26. The van der Waals surface area contributed by atoms with E-state index in [1.54, 1.807) is 0 Å². The number of aromatic nitrogens is 3. The van der Waals surface area contributed by atoms with Crippen LogP contribution in [-0.4, -0.2) is 69.7 Å². The van der Waals surface area contributed by atoms with E-state index in [0.29, 0.717) is 11.2 Å². The van der Waals surface area contributed by atoms with Crippen LogP contribution in [0.15, 0.2) is 5.16 Å². The molecule has 7 nitrogen and oxygen atoms in total. The summed E-state index contributed by atoms with van der Waals surface area (Å²) < 4.78 is 1.85. The van der Waals surface area contributed by atoms with Crippen LogP contribution in [0.3, 0.4) is 0 Å². The Morgan fingerprint density at radius 2 is 2.25 bits per heavy atom. The molecule has 8 heteroatoms. The van der Waals surface area contributed by atoms with Crippen LogP contribution in [0.2, 0.25) is 0 Å². The predicted octanol–water partition coefficient (Wildman–Crippen LogP) is 0.522. The van der Waals surface area contributed by atoms with E-state index in [1.165, 1.54) is 24.6 Å². The van der Waals surface area contributed by atoms with Crippen LogP contribution >= 0.6 is 11.8 Å². The molecule has 1 saturated heterocycles. The van der Waals surface area contributed by atoms with Crippen molar-refractivity contribution < 1.29 is 9.90 Å². The number of carboxylic acid groups (broad SMARTS) is 1. The second kappa shape index (κ2) is 6.45. The maximum absolute atomic E-state index is 10.6. The summed E-state index contributed by atoms with van der Waals surface area (Å²) >= 11 is 1.19. The quantitative estimate of drug-likeness (QED) is 0.768. The molecule has 1 aromatic rings. The van der Waals surface area contributed by atoms with Crippen LogP contribution in [0.25, 0.3) is 0 Å². The molecule has 0 saturated carbocycles. The van der Waals surface area contributed by atoms with Gasteiger partial charge in [-0.3, -0.25) is 9.36 Å². The number of carboxylic acids is 1. The number of likely N-dealkylation sites (tertiary alicyclic amines) is 1. The lowest BCUT2D eigenvalue weighted by Crippen LogP contribution is -2.37. The summed E-state index contributed by atoms with van der Waals surface area (Å²) in [6.07, 6.45) is 2.45. The van der Waals surface area contributed by atoms with Gasteiger partial charge in [0.25, 0.3) is 0 Å². The van der Waals surface area contributed by atoms with Crippen molar-refractivity contribution in [2.75, 3.05) is 37.8 Å². The number of hydrogen-bond acceptors (Lipinski definition) is 6. The highest BCUT2D eigenvalue weighted by molar-refractivity contribution is 7.99. The molecule has 0 bridgehead atoms. The Bertz CT molecular complexity index is 478. The Morgan fingerprint density at radius 3 is 2.85 bits per heavy atom. The number of aliphatic carboxylic acids is 1. The van der Waals surface area contributed by atoms with Gasteiger partial charge in [0.15, 0.2) is 5.16 Å². The number of carbonyl (C=O) groups is 1. The van der Waals surface area contributed by atoms with E-state index in [1.807, 2.05) is 18.7 Å². The largest absolute Gasteiger partial charge is 0.481 e. The zero-order valence-electron chi connectivity index (χ0n) is 12.1. The molecular formula is C12H21N5O2S. The monoisotopic (exact) mass is 299 g/mol. The van der Waals surface area contributed by atoms with Crippen LogP contribution in [0.5, 0.6) is 0 Å². The number of nitrogens with zero attached hydrogens (tertiary/aromatic N) is 5. The van der Waals surface area contributed by atoms with Gasteiger partial charge in [0.2, 0.25) is 5.95 Å². The van der Waals surface area contributed by atoms with Gasteiger partial charge in [-0.05, 0) is 26.4 Å². The zero-order chi connectivity index (χ0) is 14.7. The fraction of sp³-hybridized carbons (Fsp3) is 0.750. The molecule has 1 fully saturated rings. The highest BCUT2D eigenvalue weighted by Crippen LogP contribution is 2.21. The standard InChI is InChI=1S/C12H21N5O2S/c1-15-6-4-5-9(15)7-16(2)11-13-14-12(17(11)3)20-8-10(18)19/h9H,4-8H2,1-3H3,(H,18,19). The summed E-state index contributed by atoms with van der Waals surface area (Å²) in [5.74, 6) is -0.0696. The Kier molecular flexibility index (Phi) is 4.87. The van der Waals surface area contributed by atoms with Gasteiger partial charge in [0.05, 0.1) is 5.75 Å². The minimum Gasteiger partial charge on any atom is -0.481 e. The van der Waals surface area contributed by atoms with Crippen LogP contribution in [0.1, 0.15) is 12.8 Å². The third kappa shape index (κ3) is 3.43. The molecule has 112 valence electrons. The van der Waals surface area contributed by atoms with Crippen LogP contribution in [0, 0.1) is 0 Å². The average molecular weight is 299 g/mol. The third-order valence-electron chi connectivity index (χ3n) is 3.63. The molecule has 1 aliphatic heterocycles. The van der Waals surface area contributed by atoms with Crippen LogP contribution in [-0.2, 0) is 11.8 Å². The van der Waals surface area contributed by atoms with Crippen molar-refractivity contribution in [1.29, 1.82) is 0 Å². The van der Waals surface area contributed by atoms with Gasteiger partial charge < -0.3 is 14.9 Å². The molecule has 0 aromatic carbocycles. The molecule has 1 atom stereocenters. The molecule has 0 spiro atoms. The third-order valence-corrected chi connectivity index (χ3v) is 4.64. The zero-order valence-corrected chi connectivity index (χ0v) is 12.9. The van der Waals surface area contributed by atoms with Crippen molar-refractivity contribution in [2.24, 2.45) is 7.05 Å². The van der Waals surface area contributed by atoms with E-state index in [0.717, 1.165) is 19.0 Å². The summed E-state index contributed by atoms with van der Waals surface area (Å²) in [7, 11) is 6.02. The lowest BCUT2D eigenvalue weighted by molar-refractivity contribution is -0.133. The second-order valence-corrected chi connectivity index (χ2v) is 6.12. The highest BCUT2D eigenvalue weighted by Gasteiger charge is 2.24. The van der Waals surface area contributed by atoms with Gasteiger partial charge in [-0.1, -0.05) is 11.8 Å². The topological polar surface area (TPSA) is 74.5 Å². The molecule has 1 unspecified atom stereocenters.